The third-order valence-electron chi connectivity index (χ3n) is 12.9. The first kappa shape index (κ1) is 31.6. The van der Waals surface area contributed by atoms with Gasteiger partial charge in [0, 0.05) is 44.5 Å². The lowest BCUT2D eigenvalue weighted by atomic mass is 9.59. The number of allylic oxidation sites excluding steroid dienone is 8. The van der Waals surface area contributed by atoms with Crippen molar-refractivity contribution < 1.29 is 13.6 Å². The van der Waals surface area contributed by atoms with Gasteiger partial charge in [0.2, 0.25) is 5.71 Å². The maximum Gasteiger partial charge on any atom is 0.246 e. The highest BCUT2D eigenvalue weighted by Crippen LogP contribution is 2.59. The Bertz CT molecular complexity index is 3270. The Labute approximate surface area is 322 Å². The van der Waals surface area contributed by atoms with Crippen LogP contribution in [0.3, 0.4) is 0 Å². The molecule has 12 rings (SSSR count). The van der Waals surface area contributed by atoms with Crippen LogP contribution in [-0.2, 0) is 5.41 Å². The molecule has 0 N–H and O–H groups in total. The summed E-state index contributed by atoms with van der Waals surface area (Å²) in [5, 5.41) is 8.13. The first-order chi connectivity index (χ1) is 27.6. The smallest absolute Gasteiger partial charge is 0.246 e. The molecule has 3 heterocycles. The van der Waals surface area contributed by atoms with Crippen LogP contribution in [-0.4, -0.2) is 17.1 Å². The number of fused-ring (bicyclic) bond motifs is 17. The van der Waals surface area contributed by atoms with E-state index in [1.54, 1.807) is 7.11 Å². The maximum absolute atomic E-state index is 7.30. The van der Waals surface area contributed by atoms with Crippen molar-refractivity contribution in [2.75, 3.05) is 7.11 Å². The van der Waals surface area contributed by atoms with Crippen LogP contribution in [0.5, 0.6) is 5.75 Å². The number of para-hydroxylation sites is 1. The Morgan fingerprint density at radius 2 is 1.50 bits per heavy atom. The van der Waals surface area contributed by atoms with Gasteiger partial charge in [0.1, 0.15) is 28.0 Å². The second-order valence-electron chi connectivity index (χ2n) is 15.6. The van der Waals surface area contributed by atoms with Crippen LogP contribution in [0.15, 0.2) is 166 Å². The van der Waals surface area contributed by atoms with Crippen molar-refractivity contribution in [1.82, 2.24) is 9.97 Å². The van der Waals surface area contributed by atoms with Gasteiger partial charge in [0.05, 0.1) is 18.5 Å². The molecule has 3 aromatic heterocycles. The molecular weight excluding hydrogens is 689 g/mol. The number of nitrogens with zero attached hydrogens (tertiary/aromatic N) is 2. The largest absolute Gasteiger partial charge is 0.497 e. The quantitative estimate of drug-likeness (QED) is 0.182. The fourth-order valence-electron chi connectivity index (χ4n) is 10.3. The van der Waals surface area contributed by atoms with E-state index < -0.39 is 0 Å². The van der Waals surface area contributed by atoms with E-state index in [1.165, 1.54) is 43.8 Å². The number of ether oxygens (including phenoxy) is 1. The highest BCUT2D eigenvalue weighted by Gasteiger charge is 2.48. The molecule has 6 aromatic carbocycles. The summed E-state index contributed by atoms with van der Waals surface area (Å²) in [7, 11) is 1.70. The van der Waals surface area contributed by atoms with Crippen molar-refractivity contribution in [2.45, 2.75) is 31.1 Å². The van der Waals surface area contributed by atoms with Gasteiger partial charge in [-0.2, -0.15) is 0 Å². The minimum absolute atomic E-state index is 0.156. The predicted molar refractivity (Wildman–Crippen MR) is 226 cm³/mol. The van der Waals surface area contributed by atoms with Crippen molar-refractivity contribution in [3.63, 3.8) is 0 Å². The first-order valence-corrected chi connectivity index (χ1v) is 19.5. The molecule has 0 radical (unpaired) electrons. The lowest BCUT2D eigenvalue weighted by Crippen LogP contribution is -2.37. The van der Waals surface area contributed by atoms with Crippen LogP contribution < -0.4 is 4.74 Å². The van der Waals surface area contributed by atoms with Crippen molar-refractivity contribution in [2.24, 2.45) is 5.92 Å². The second kappa shape index (κ2) is 11.6. The molecule has 0 fully saturated rings. The Morgan fingerprint density at radius 3 is 2.36 bits per heavy atom. The van der Waals surface area contributed by atoms with E-state index >= 15 is 0 Å². The molecule has 0 bridgehead atoms. The van der Waals surface area contributed by atoms with Crippen LogP contribution in [0.1, 0.15) is 42.5 Å². The van der Waals surface area contributed by atoms with Crippen LogP contribution >= 0.6 is 0 Å². The molecule has 0 aliphatic heterocycles. The average Bonchev–Trinajstić information content (AvgIpc) is 3.79. The average molecular weight is 725 g/mol. The SMILES string of the molecule is COc1ccc(-c2nc3oc4ccccc4c3nc2[C@@H]2CCC3=CC=C4C=CC=CC4C3(C)c3c2c2oc4ccc5ccccc5c4c2c2ccccc32)cc1. The Balaban J connectivity index is 1.27. The molecule has 56 heavy (non-hydrogen) atoms. The normalized spacial score (nSPS) is 20.3. The van der Waals surface area contributed by atoms with Gasteiger partial charge < -0.3 is 13.6 Å². The molecule has 0 saturated carbocycles. The number of furan rings is 2. The number of benzene rings is 6. The third-order valence-corrected chi connectivity index (χ3v) is 12.9. The number of aromatic nitrogens is 2. The molecule has 0 amide bonds. The monoisotopic (exact) mass is 724 g/mol. The summed E-state index contributed by atoms with van der Waals surface area (Å²) >= 11 is 0. The number of methoxy groups -OCH3 is 1. The van der Waals surface area contributed by atoms with Gasteiger partial charge in [0.25, 0.3) is 0 Å². The molecule has 9 aromatic rings. The molecule has 5 nitrogen and oxygen atoms in total. The number of hydrogen-bond acceptors (Lipinski definition) is 5. The van der Waals surface area contributed by atoms with E-state index in [0.29, 0.717) is 5.71 Å². The van der Waals surface area contributed by atoms with Crippen LogP contribution in [0.25, 0.3) is 76.9 Å². The summed E-state index contributed by atoms with van der Waals surface area (Å²) in [6, 6.07) is 38.3. The molecule has 0 saturated heterocycles. The number of hydrogen-bond donors (Lipinski definition) is 0. The molecule has 5 heteroatoms. The van der Waals surface area contributed by atoms with E-state index in [1.807, 2.05) is 30.3 Å². The lowest BCUT2D eigenvalue weighted by molar-refractivity contribution is 0.415. The zero-order valence-electron chi connectivity index (χ0n) is 31.0. The fraction of sp³-hybridized carbons (Fsp3) is 0.137. The van der Waals surface area contributed by atoms with Crippen molar-refractivity contribution in [3.8, 4) is 17.0 Å². The fourth-order valence-corrected chi connectivity index (χ4v) is 10.3. The maximum atomic E-state index is 7.30. The third kappa shape index (κ3) is 4.25. The Hall–Kier alpha value is -6.72. The topological polar surface area (TPSA) is 61.3 Å². The van der Waals surface area contributed by atoms with Gasteiger partial charge in [-0.05, 0) is 88.0 Å². The number of rotatable bonds is 3. The Kier molecular flexibility index (Phi) is 6.57. The second-order valence-corrected chi connectivity index (χ2v) is 15.6. The summed E-state index contributed by atoms with van der Waals surface area (Å²) in [5.41, 5.74) is 11.5. The van der Waals surface area contributed by atoms with Crippen molar-refractivity contribution in [3.05, 3.63) is 174 Å². The van der Waals surface area contributed by atoms with Gasteiger partial charge in [-0.3, -0.25) is 0 Å². The summed E-state index contributed by atoms with van der Waals surface area (Å²) < 4.78 is 19.3. The molecule has 3 atom stereocenters. The molecular formula is C51H36N2O3. The standard InChI is InChI=1S/C51H36N2O3/c1-51-32(23-19-30-12-4-9-17-39(30)51)24-27-38(47-46(31-20-25-33(54-2)26-21-31)53-50-48(52-47)37-16-8-10-18-40(37)56-50)44-45(51)36-15-7-6-14-35(36)43-42-34-13-5-3-11-29(34)22-28-41(42)55-49(43)44/h3-23,25-26,28,38-39H,24,27H2,1-2H3/t38-,39?,51?/m1/s1. The van der Waals surface area contributed by atoms with E-state index in [9.17, 15) is 0 Å². The van der Waals surface area contributed by atoms with E-state index in [0.717, 1.165) is 74.0 Å². The molecule has 268 valence electrons. The predicted octanol–water partition coefficient (Wildman–Crippen LogP) is 13.0. The molecule has 3 aliphatic rings. The summed E-state index contributed by atoms with van der Waals surface area (Å²) in [5.74, 6) is 0.780. The zero-order chi connectivity index (χ0) is 37.1. The minimum Gasteiger partial charge on any atom is -0.497 e. The van der Waals surface area contributed by atoms with E-state index in [-0.39, 0.29) is 17.3 Å². The van der Waals surface area contributed by atoms with E-state index in [4.69, 9.17) is 23.5 Å². The van der Waals surface area contributed by atoms with Crippen molar-refractivity contribution in [1.29, 1.82) is 0 Å². The van der Waals surface area contributed by atoms with E-state index in [2.05, 4.69) is 122 Å². The summed E-state index contributed by atoms with van der Waals surface area (Å²) in [4.78, 5) is 11.0. The molecule has 3 aliphatic carbocycles. The lowest BCUT2D eigenvalue weighted by Gasteiger charge is -2.43. The van der Waals surface area contributed by atoms with Gasteiger partial charge in [-0.1, -0.05) is 116 Å². The highest BCUT2D eigenvalue weighted by molar-refractivity contribution is 6.28. The minimum atomic E-state index is -0.357. The first-order valence-electron chi connectivity index (χ1n) is 19.5. The zero-order valence-corrected chi connectivity index (χ0v) is 31.0. The Morgan fingerprint density at radius 1 is 0.714 bits per heavy atom. The van der Waals surface area contributed by atoms with Crippen LogP contribution in [0.2, 0.25) is 0 Å². The van der Waals surface area contributed by atoms with Gasteiger partial charge >= 0.3 is 0 Å². The van der Waals surface area contributed by atoms with Gasteiger partial charge in [0.15, 0.2) is 0 Å². The van der Waals surface area contributed by atoms with Gasteiger partial charge in [-0.25, -0.2) is 9.97 Å². The molecule has 0 spiro atoms. The highest BCUT2D eigenvalue weighted by atomic mass is 16.5. The molecule has 2 unspecified atom stereocenters. The van der Waals surface area contributed by atoms with Crippen molar-refractivity contribution >= 4 is 65.7 Å². The summed E-state index contributed by atoms with van der Waals surface area (Å²) in [6.45, 7) is 2.47. The van der Waals surface area contributed by atoms with Crippen LogP contribution in [0, 0.1) is 5.92 Å². The van der Waals surface area contributed by atoms with Crippen LogP contribution in [0.4, 0.5) is 0 Å². The summed E-state index contributed by atoms with van der Waals surface area (Å²) in [6.07, 6.45) is 15.5. The van der Waals surface area contributed by atoms with Gasteiger partial charge in [-0.15, -0.1) is 0 Å².